The van der Waals surface area contributed by atoms with Crippen molar-refractivity contribution >= 4 is 22.4 Å². The van der Waals surface area contributed by atoms with Gasteiger partial charge >= 0.3 is 5.69 Å². The number of aromatic nitrogens is 2. The minimum Gasteiger partial charge on any atom is -0.382 e. The number of nitrogens with zero attached hydrogens (tertiary/aromatic N) is 3. The quantitative estimate of drug-likeness (QED) is 0.569. The summed E-state index contributed by atoms with van der Waals surface area (Å²) in [6.07, 6.45) is 0. The van der Waals surface area contributed by atoms with Gasteiger partial charge in [-0.05, 0) is 22.4 Å². The summed E-state index contributed by atoms with van der Waals surface area (Å²) in [6, 6.07) is 3.16. The molecule has 0 saturated carbocycles. The molecule has 72 valence electrons. The van der Waals surface area contributed by atoms with Crippen LogP contribution in [0.3, 0.4) is 0 Å². The molecule has 14 heavy (non-hydrogen) atoms. The minimum atomic E-state index is -0.516. The number of anilines is 1. The van der Waals surface area contributed by atoms with Crippen molar-refractivity contribution in [2.75, 3.05) is 12.4 Å². The Kier molecular flexibility index (Phi) is 1.77. The zero-order valence-electron chi connectivity index (χ0n) is 7.22. The van der Waals surface area contributed by atoms with Crippen molar-refractivity contribution in [3.63, 3.8) is 0 Å². The largest absolute Gasteiger partial charge is 0.382 e. The first kappa shape index (κ1) is 8.42. The van der Waals surface area contributed by atoms with E-state index in [1.165, 1.54) is 0 Å². The highest BCUT2D eigenvalue weighted by molar-refractivity contribution is 5.90. The standard InChI is InChI=1S/C7H6N4O3/c1-8-5-3-2-4-6(10-14-9-4)7(5)11(12)13/h2-3,8H,1H3. The second kappa shape index (κ2) is 2.95. The summed E-state index contributed by atoms with van der Waals surface area (Å²) in [4.78, 5) is 10.2. The number of nitrogens with one attached hydrogen (secondary N) is 1. The van der Waals surface area contributed by atoms with Gasteiger partial charge in [0.05, 0.1) is 4.92 Å². The Morgan fingerprint density at radius 3 is 2.93 bits per heavy atom. The van der Waals surface area contributed by atoms with Crippen LogP contribution in [-0.4, -0.2) is 22.3 Å². The van der Waals surface area contributed by atoms with E-state index in [0.29, 0.717) is 11.2 Å². The van der Waals surface area contributed by atoms with Gasteiger partial charge < -0.3 is 5.32 Å². The van der Waals surface area contributed by atoms with Crippen molar-refractivity contribution in [2.45, 2.75) is 0 Å². The van der Waals surface area contributed by atoms with E-state index < -0.39 is 4.92 Å². The molecule has 0 aliphatic heterocycles. The van der Waals surface area contributed by atoms with E-state index in [1.54, 1.807) is 19.2 Å². The van der Waals surface area contributed by atoms with Crippen LogP contribution < -0.4 is 5.32 Å². The van der Waals surface area contributed by atoms with Gasteiger partial charge in [-0.3, -0.25) is 10.1 Å². The van der Waals surface area contributed by atoms with Gasteiger partial charge in [0.1, 0.15) is 11.2 Å². The van der Waals surface area contributed by atoms with Gasteiger partial charge in [-0.1, -0.05) is 0 Å². The number of nitro groups is 1. The Hall–Kier alpha value is -2.18. The van der Waals surface area contributed by atoms with Crippen molar-refractivity contribution < 1.29 is 9.55 Å². The molecule has 0 amide bonds. The van der Waals surface area contributed by atoms with Crippen LogP contribution in [0.1, 0.15) is 0 Å². The van der Waals surface area contributed by atoms with Crippen molar-refractivity contribution in [3.05, 3.63) is 22.2 Å². The van der Waals surface area contributed by atoms with E-state index in [0.717, 1.165) is 0 Å². The van der Waals surface area contributed by atoms with Crippen LogP contribution in [0.25, 0.3) is 11.0 Å². The second-order valence-corrected chi connectivity index (χ2v) is 2.60. The first-order valence-electron chi connectivity index (χ1n) is 3.81. The molecule has 0 bridgehead atoms. The van der Waals surface area contributed by atoms with E-state index in [-0.39, 0.29) is 11.2 Å². The van der Waals surface area contributed by atoms with Crippen molar-refractivity contribution in [3.8, 4) is 0 Å². The summed E-state index contributed by atoms with van der Waals surface area (Å²) >= 11 is 0. The van der Waals surface area contributed by atoms with Crippen LogP contribution in [-0.2, 0) is 0 Å². The van der Waals surface area contributed by atoms with Crippen LogP contribution in [0.5, 0.6) is 0 Å². The van der Waals surface area contributed by atoms with E-state index in [4.69, 9.17) is 0 Å². The summed E-state index contributed by atoms with van der Waals surface area (Å²) in [6.45, 7) is 0. The van der Waals surface area contributed by atoms with Crippen molar-refractivity contribution in [1.82, 2.24) is 10.3 Å². The van der Waals surface area contributed by atoms with Gasteiger partial charge in [0, 0.05) is 7.05 Å². The van der Waals surface area contributed by atoms with Crippen LogP contribution >= 0.6 is 0 Å². The average molecular weight is 194 g/mol. The fourth-order valence-electron chi connectivity index (χ4n) is 1.22. The fourth-order valence-corrected chi connectivity index (χ4v) is 1.22. The first-order chi connectivity index (χ1) is 6.74. The molecule has 1 N–H and O–H groups in total. The number of rotatable bonds is 2. The molecule has 1 aromatic carbocycles. The molecule has 0 aliphatic rings. The van der Waals surface area contributed by atoms with Gasteiger partial charge in [0.25, 0.3) is 0 Å². The lowest BCUT2D eigenvalue weighted by molar-refractivity contribution is -0.382. The van der Waals surface area contributed by atoms with Gasteiger partial charge in [0.15, 0.2) is 0 Å². The smallest absolute Gasteiger partial charge is 0.323 e. The molecular weight excluding hydrogens is 188 g/mol. The number of hydrogen-bond acceptors (Lipinski definition) is 6. The molecular formula is C7H6N4O3. The molecule has 1 heterocycles. The third-order valence-corrected chi connectivity index (χ3v) is 1.85. The molecule has 0 spiro atoms. The Morgan fingerprint density at radius 1 is 1.50 bits per heavy atom. The molecule has 2 aromatic rings. The topological polar surface area (TPSA) is 94.1 Å². The summed E-state index contributed by atoms with van der Waals surface area (Å²) in [7, 11) is 1.60. The first-order valence-corrected chi connectivity index (χ1v) is 3.81. The number of fused-ring (bicyclic) bond motifs is 1. The lowest BCUT2D eigenvalue weighted by Crippen LogP contribution is -1.97. The molecule has 7 heteroatoms. The Balaban J connectivity index is 2.82. The maximum Gasteiger partial charge on any atom is 0.323 e. The summed E-state index contributed by atoms with van der Waals surface area (Å²) in [5, 5.41) is 20.5. The zero-order valence-corrected chi connectivity index (χ0v) is 7.22. The number of benzene rings is 1. The Labute approximate surface area is 77.8 Å². The molecule has 0 aliphatic carbocycles. The highest BCUT2D eigenvalue weighted by Gasteiger charge is 2.21. The van der Waals surface area contributed by atoms with Crippen molar-refractivity contribution in [1.29, 1.82) is 0 Å². The molecule has 0 unspecified atom stereocenters. The molecule has 1 aromatic heterocycles. The van der Waals surface area contributed by atoms with E-state index in [2.05, 4.69) is 20.3 Å². The maximum absolute atomic E-state index is 10.7. The van der Waals surface area contributed by atoms with Gasteiger partial charge in [-0.15, -0.1) is 0 Å². The Morgan fingerprint density at radius 2 is 2.29 bits per heavy atom. The normalized spacial score (nSPS) is 10.4. The van der Waals surface area contributed by atoms with Gasteiger partial charge in [-0.25, -0.2) is 4.63 Å². The highest BCUT2D eigenvalue weighted by Crippen LogP contribution is 2.30. The van der Waals surface area contributed by atoms with Crippen LogP contribution in [0.15, 0.2) is 16.8 Å². The minimum absolute atomic E-state index is 0.119. The predicted octanol–water partition coefficient (Wildman–Crippen LogP) is 1.17. The summed E-state index contributed by atoms with van der Waals surface area (Å²) in [5.41, 5.74) is 0.794. The Bertz CT molecular complexity index is 493. The molecule has 0 radical (unpaired) electrons. The molecule has 2 rings (SSSR count). The predicted molar refractivity (Wildman–Crippen MR) is 48.0 cm³/mol. The van der Waals surface area contributed by atoms with Crippen LogP contribution in [0.2, 0.25) is 0 Å². The molecule has 7 nitrogen and oxygen atoms in total. The third-order valence-electron chi connectivity index (χ3n) is 1.85. The zero-order chi connectivity index (χ0) is 10.1. The maximum atomic E-state index is 10.7. The fraction of sp³-hybridized carbons (Fsp3) is 0.143. The summed E-state index contributed by atoms with van der Waals surface area (Å²) in [5.74, 6) is 0. The molecule has 0 saturated heterocycles. The van der Waals surface area contributed by atoms with Crippen LogP contribution in [0, 0.1) is 10.1 Å². The third kappa shape index (κ3) is 1.06. The lowest BCUT2D eigenvalue weighted by Gasteiger charge is -1.99. The number of nitro benzene ring substituents is 1. The van der Waals surface area contributed by atoms with Crippen LogP contribution in [0.4, 0.5) is 11.4 Å². The summed E-state index contributed by atoms with van der Waals surface area (Å²) < 4.78 is 4.42. The van der Waals surface area contributed by atoms with Gasteiger partial charge in [-0.2, -0.15) is 0 Å². The van der Waals surface area contributed by atoms with E-state index >= 15 is 0 Å². The lowest BCUT2D eigenvalue weighted by atomic mass is 10.2. The number of hydrogen-bond donors (Lipinski definition) is 1. The molecule has 0 atom stereocenters. The second-order valence-electron chi connectivity index (χ2n) is 2.60. The monoisotopic (exact) mass is 194 g/mol. The molecule has 0 fully saturated rings. The SMILES string of the molecule is CNc1ccc2nonc2c1[N+](=O)[O-]. The van der Waals surface area contributed by atoms with E-state index in [1.807, 2.05) is 0 Å². The van der Waals surface area contributed by atoms with Crippen molar-refractivity contribution in [2.24, 2.45) is 0 Å². The van der Waals surface area contributed by atoms with Gasteiger partial charge in [0.2, 0.25) is 5.52 Å². The van der Waals surface area contributed by atoms with E-state index in [9.17, 15) is 10.1 Å². The highest BCUT2D eigenvalue weighted by atomic mass is 16.6. The average Bonchev–Trinajstić information content (AvgIpc) is 2.62.